The van der Waals surface area contributed by atoms with Crippen molar-refractivity contribution in [1.29, 1.82) is 0 Å². The van der Waals surface area contributed by atoms with Gasteiger partial charge in [0.15, 0.2) is 10.3 Å². The molecule has 0 saturated carbocycles. The highest BCUT2D eigenvalue weighted by Gasteiger charge is 2.38. The Labute approximate surface area is 272 Å². The number of hydrogen-bond donors (Lipinski definition) is 0. The molecule has 1 unspecified atom stereocenters. The van der Waals surface area contributed by atoms with Gasteiger partial charge in [-0.05, 0) is 38.0 Å². The Morgan fingerprint density at radius 2 is 1.70 bits per heavy atom. The summed E-state index contributed by atoms with van der Waals surface area (Å²) in [5, 5.41) is 15.8. The molecule has 0 aromatic carbocycles. The minimum Gasteiger partial charge on any atom is -0.354 e. The van der Waals surface area contributed by atoms with E-state index >= 15 is 0 Å². The zero-order valence-electron chi connectivity index (χ0n) is 25.7. The number of aromatic nitrogens is 4. The van der Waals surface area contributed by atoms with Gasteiger partial charge in [0.2, 0.25) is 0 Å². The Balaban J connectivity index is 1.68. The molecule has 0 radical (unpaired) electrons. The van der Waals surface area contributed by atoms with Crippen molar-refractivity contribution >= 4 is 80.5 Å². The van der Waals surface area contributed by atoms with Crippen LogP contribution in [0.5, 0.6) is 0 Å². The van der Waals surface area contributed by atoms with E-state index in [1.54, 1.807) is 45.3 Å². The molecule has 1 atom stereocenters. The first-order chi connectivity index (χ1) is 20.8. The maximum absolute atomic E-state index is 5.38. The second-order valence-electron chi connectivity index (χ2n) is 11.6. The van der Waals surface area contributed by atoms with E-state index in [9.17, 15) is 0 Å². The van der Waals surface area contributed by atoms with Gasteiger partial charge in [0, 0.05) is 60.0 Å². The third kappa shape index (κ3) is 5.81. The molecule has 0 amide bonds. The predicted octanol–water partition coefficient (Wildman–Crippen LogP) is 8.00. The average molecular weight is 672 g/mol. The maximum Gasteiger partial charge on any atom is 0.187 e. The second-order valence-corrected chi connectivity index (χ2v) is 18.2. The molecule has 43 heavy (non-hydrogen) atoms. The monoisotopic (exact) mass is 671 g/mol. The maximum atomic E-state index is 5.38. The van der Waals surface area contributed by atoms with Gasteiger partial charge in [0.1, 0.15) is 15.9 Å². The van der Waals surface area contributed by atoms with Gasteiger partial charge < -0.3 is 14.7 Å². The van der Waals surface area contributed by atoms with Gasteiger partial charge in [-0.15, -0.1) is 51.9 Å². The summed E-state index contributed by atoms with van der Waals surface area (Å²) in [4.78, 5) is 31.1. The molecule has 0 aliphatic carbocycles. The van der Waals surface area contributed by atoms with Gasteiger partial charge in [0.25, 0.3) is 0 Å². The zero-order valence-corrected chi connectivity index (χ0v) is 29.8. The number of hydrogen-bond acceptors (Lipinski definition) is 11. The largest absolute Gasteiger partial charge is 0.354 e. The van der Waals surface area contributed by atoms with Crippen LogP contribution in [0.1, 0.15) is 62.2 Å². The molecular weight excluding hydrogens is 631 g/mol. The fraction of sp³-hybridized carbons (Fsp3) is 0.484. The Bertz CT molecular complexity index is 1710. The summed E-state index contributed by atoms with van der Waals surface area (Å²) in [7, 11) is 2.18. The average Bonchev–Trinajstić information content (AvgIpc) is 3.79. The third-order valence-corrected chi connectivity index (χ3v) is 15.5. The van der Waals surface area contributed by atoms with Crippen molar-refractivity contribution in [3.05, 3.63) is 49.9 Å². The molecule has 4 aromatic heterocycles. The van der Waals surface area contributed by atoms with E-state index in [0.29, 0.717) is 5.92 Å². The lowest BCUT2D eigenvalue weighted by Gasteiger charge is -2.25. The van der Waals surface area contributed by atoms with E-state index in [-0.39, 0.29) is 0 Å². The molecule has 2 aliphatic rings. The number of anilines is 3. The topological polar surface area (TPSA) is 61.3 Å². The van der Waals surface area contributed by atoms with Crippen LogP contribution >= 0.6 is 54.6 Å². The molecular formula is C31H41N7S5. The van der Waals surface area contributed by atoms with Crippen molar-refractivity contribution in [3.63, 3.8) is 0 Å². The summed E-state index contributed by atoms with van der Waals surface area (Å²) in [6, 6.07) is 0. The van der Waals surface area contributed by atoms with E-state index in [4.69, 9.17) is 19.9 Å². The van der Waals surface area contributed by atoms with Gasteiger partial charge in [-0.3, -0.25) is 0 Å². The Morgan fingerprint density at radius 3 is 2.40 bits per heavy atom. The highest BCUT2D eigenvalue weighted by Crippen LogP contribution is 2.54. The predicted molar refractivity (Wildman–Crippen MR) is 192 cm³/mol. The number of aryl methyl sites for hydroxylation is 1. The Morgan fingerprint density at radius 1 is 0.953 bits per heavy atom. The van der Waals surface area contributed by atoms with Crippen LogP contribution in [0.4, 0.5) is 16.1 Å². The first-order valence-electron chi connectivity index (χ1n) is 15.0. The van der Waals surface area contributed by atoms with E-state index in [1.807, 2.05) is 6.08 Å². The summed E-state index contributed by atoms with van der Waals surface area (Å²) in [6.45, 7) is 13.8. The van der Waals surface area contributed by atoms with Crippen LogP contribution < -0.4 is 14.7 Å². The number of rotatable bonds is 12. The Kier molecular flexibility index (Phi) is 9.30. The van der Waals surface area contributed by atoms with E-state index in [1.165, 1.54) is 27.7 Å². The molecule has 0 N–H and O–H groups in total. The smallest absolute Gasteiger partial charge is 0.187 e. The molecule has 0 bridgehead atoms. The lowest BCUT2D eigenvalue weighted by atomic mass is 10.1. The van der Waals surface area contributed by atoms with Crippen LogP contribution in [0, 0.1) is 5.92 Å². The summed E-state index contributed by atoms with van der Waals surface area (Å²) in [5.74, 6) is 1.49. The van der Waals surface area contributed by atoms with Crippen molar-refractivity contribution in [2.24, 2.45) is 5.92 Å². The SMILES string of the molecule is C=CCc1nc(S2(c3csc(N(C)C)n3)=C(c3csc(CCC)n3)CN(c3csc(N4CCCC4)n3)C=2CC(C)C)cs1. The summed E-state index contributed by atoms with van der Waals surface area (Å²) >= 11 is 7.01. The molecule has 6 rings (SSSR count). The van der Waals surface area contributed by atoms with Crippen LogP contribution in [0.15, 0.2) is 44.2 Å². The van der Waals surface area contributed by atoms with Gasteiger partial charge >= 0.3 is 0 Å². The summed E-state index contributed by atoms with van der Waals surface area (Å²) in [5.41, 5.74) is 1.10. The fourth-order valence-corrected chi connectivity index (χ4v) is 14.2. The highest BCUT2D eigenvalue weighted by molar-refractivity contribution is 8.31. The molecule has 12 heteroatoms. The first-order valence-corrected chi connectivity index (χ1v) is 20.2. The van der Waals surface area contributed by atoms with E-state index in [0.717, 1.165) is 82.2 Å². The third-order valence-electron chi connectivity index (χ3n) is 7.67. The number of allylic oxidation sites excluding steroid dienone is 1. The number of nitrogens with zero attached hydrogens (tertiary/aromatic N) is 7. The van der Waals surface area contributed by atoms with Crippen molar-refractivity contribution in [2.45, 2.75) is 69.3 Å². The van der Waals surface area contributed by atoms with Gasteiger partial charge in [0.05, 0.1) is 27.2 Å². The van der Waals surface area contributed by atoms with E-state index < -0.39 is 9.21 Å². The van der Waals surface area contributed by atoms with Gasteiger partial charge in [-0.1, -0.05) is 36.1 Å². The van der Waals surface area contributed by atoms with Gasteiger partial charge in [-0.25, -0.2) is 19.9 Å². The van der Waals surface area contributed by atoms with Crippen LogP contribution in [-0.4, -0.2) is 63.5 Å². The number of thiazole rings is 4. The molecule has 6 heterocycles. The normalized spacial score (nSPS) is 18.9. The summed E-state index contributed by atoms with van der Waals surface area (Å²) in [6.07, 6.45) is 8.23. The standard InChI is InChI=1S/C31H41N7S5/c1-7-11-25-32-22(17-39-25)23-16-38(24-18-41-31(33-24)37-13-9-10-14-37)29(15-21(3)4)43(23,27-19-40-26(34-27)12-8-2)28-20-42-30(35-28)36(5)6/h8,17-21H,2,7,9-16H2,1,3-6H3. The first kappa shape index (κ1) is 30.8. The lowest BCUT2D eigenvalue weighted by molar-refractivity contribution is 0.682. The van der Waals surface area contributed by atoms with Crippen molar-refractivity contribution in [3.8, 4) is 0 Å². The lowest BCUT2D eigenvalue weighted by Crippen LogP contribution is -2.32. The molecule has 1 fully saturated rings. The Hall–Kier alpha value is -2.25. The van der Waals surface area contributed by atoms with Crippen LogP contribution in [-0.2, 0) is 12.8 Å². The van der Waals surface area contributed by atoms with E-state index in [2.05, 4.69) is 77.7 Å². The summed E-state index contributed by atoms with van der Waals surface area (Å²) < 4.78 is 0. The van der Waals surface area contributed by atoms with Gasteiger partial charge in [-0.2, -0.15) is 0 Å². The molecule has 230 valence electrons. The van der Waals surface area contributed by atoms with Crippen molar-refractivity contribution in [2.75, 3.05) is 48.4 Å². The minimum atomic E-state index is -1.98. The van der Waals surface area contributed by atoms with Crippen molar-refractivity contribution in [1.82, 2.24) is 19.9 Å². The second kappa shape index (κ2) is 13.0. The molecule has 0 spiro atoms. The zero-order chi connectivity index (χ0) is 30.1. The highest BCUT2D eigenvalue weighted by atomic mass is 32.2. The quantitative estimate of drug-likeness (QED) is 0.112. The fourth-order valence-electron chi connectivity index (χ4n) is 5.72. The van der Waals surface area contributed by atoms with Crippen LogP contribution in [0.25, 0.3) is 0 Å². The molecule has 7 nitrogen and oxygen atoms in total. The van der Waals surface area contributed by atoms with Crippen molar-refractivity contribution < 1.29 is 0 Å². The molecule has 4 aromatic rings. The minimum absolute atomic E-state index is 0.449. The van der Waals surface area contributed by atoms with Crippen LogP contribution in [0.3, 0.4) is 0 Å². The molecule has 2 aliphatic heterocycles. The molecule has 1 saturated heterocycles. The van der Waals surface area contributed by atoms with Crippen LogP contribution in [0.2, 0.25) is 0 Å².